The minimum atomic E-state index is -4.44. The lowest BCUT2D eigenvalue weighted by molar-refractivity contribution is -0.137. The Morgan fingerprint density at radius 3 is 2.68 bits per heavy atom. The van der Waals surface area contributed by atoms with Crippen LogP contribution in [0.3, 0.4) is 0 Å². The lowest BCUT2D eigenvalue weighted by Gasteiger charge is -2.11. The second-order valence-electron chi connectivity index (χ2n) is 3.79. The van der Waals surface area contributed by atoms with Crippen LogP contribution in [0.5, 0.6) is 0 Å². The lowest BCUT2D eigenvalue weighted by atomic mass is 10.1. The third kappa shape index (κ3) is 2.90. The van der Waals surface area contributed by atoms with Crippen LogP contribution in [0, 0.1) is 0 Å². The molecule has 2 aromatic rings. The Morgan fingerprint density at radius 2 is 2.05 bits per heavy atom. The number of alkyl halides is 3. The summed E-state index contributed by atoms with van der Waals surface area (Å²) in [5, 5.41) is 7.58. The summed E-state index contributed by atoms with van der Waals surface area (Å²) in [7, 11) is 0. The molecule has 0 saturated carbocycles. The van der Waals surface area contributed by atoms with Crippen LogP contribution in [0.15, 0.2) is 24.4 Å². The number of rotatable bonds is 2. The van der Waals surface area contributed by atoms with Gasteiger partial charge in [-0.3, -0.25) is 15.6 Å². The summed E-state index contributed by atoms with van der Waals surface area (Å²) in [5.41, 5.74) is 4.51. The number of anilines is 1. The van der Waals surface area contributed by atoms with E-state index < -0.39 is 11.7 Å². The third-order valence-corrected chi connectivity index (χ3v) is 2.34. The van der Waals surface area contributed by atoms with Crippen LogP contribution in [0.1, 0.15) is 12.5 Å². The molecule has 19 heavy (non-hydrogen) atoms. The summed E-state index contributed by atoms with van der Waals surface area (Å²) >= 11 is 0. The van der Waals surface area contributed by atoms with Gasteiger partial charge in [0.1, 0.15) is 0 Å². The van der Waals surface area contributed by atoms with Crippen molar-refractivity contribution in [1.29, 1.82) is 0 Å². The minimum absolute atomic E-state index is 0.221. The molecule has 100 valence electrons. The number of halogens is 3. The molecule has 5 nitrogen and oxygen atoms in total. The third-order valence-electron chi connectivity index (χ3n) is 2.34. The second-order valence-corrected chi connectivity index (χ2v) is 3.79. The van der Waals surface area contributed by atoms with Gasteiger partial charge in [0, 0.05) is 12.3 Å². The maximum Gasteiger partial charge on any atom is 0.416 e. The van der Waals surface area contributed by atoms with Crippen molar-refractivity contribution in [3.8, 4) is 0 Å². The Balaban J connectivity index is 2.49. The number of fused-ring (bicyclic) bond motifs is 1. The zero-order chi connectivity index (χ0) is 14.0. The molecule has 0 spiro atoms. The molecule has 0 atom stereocenters. The number of benzene rings is 1. The standard InChI is InChI=1S/C11H9F3N4O/c1-6(19)16-18-10-5-15-17-9-3-2-7(4-8(9)10)11(12,13)14/h2-5H,1H3,(H,16,19)(H,17,18). The van der Waals surface area contributed by atoms with Crippen LogP contribution >= 0.6 is 0 Å². The van der Waals surface area contributed by atoms with Gasteiger partial charge in [0.05, 0.1) is 23.0 Å². The van der Waals surface area contributed by atoms with E-state index in [-0.39, 0.29) is 17.0 Å². The van der Waals surface area contributed by atoms with Gasteiger partial charge in [-0.2, -0.15) is 23.4 Å². The number of carbonyl (C=O) groups is 1. The first-order valence-corrected chi connectivity index (χ1v) is 5.23. The van der Waals surface area contributed by atoms with E-state index in [0.717, 1.165) is 12.1 Å². The van der Waals surface area contributed by atoms with Gasteiger partial charge < -0.3 is 0 Å². The summed E-state index contributed by atoms with van der Waals surface area (Å²) in [6.45, 7) is 1.27. The number of nitrogens with one attached hydrogen (secondary N) is 2. The normalized spacial score (nSPS) is 11.4. The molecule has 0 radical (unpaired) electrons. The molecule has 1 amide bonds. The van der Waals surface area contributed by atoms with Crippen molar-refractivity contribution in [2.75, 3.05) is 5.43 Å². The minimum Gasteiger partial charge on any atom is -0.296 e. The van der Waals surface area contributed by atoms with Gasteiger partial charge in [-0.1, -0.05) is 0 Å². The number of hydrogen-bond acceptors (Lipinski definition) is 4. The Bertz CT molecular complexity index is 627. The molecule has 2 rings (SSSR count). The molecule has 2 N–H and O–H groups in total. The second kappa shape index (κ2) is 4.71. The van der Waals surface area contributed by atoms with Crippen molar-refractivity contribution in [3.05, 3.63) is 30.0 Å². The number of nitrogens with zero attached hydrogens (tertiary/aromatic N) is 2. The molecule has 1 heterocycles. The molecule has 1 aromatic heterocycles. The zero-order valence-corrected chi connectivity index (χ0v) is 9.75. The molecular weight excluding hydrogens is 261 g/mol. The van der Waals surface area contributed by atoms with E-state index >= 15 is 0 Å². The van der Waals surface area contributed by atoms with E-state index in [9.17, 15) is 18.0 Å². The van der Waals surface area contributed by atoms with Crippen molar-refractivity contribution in [3.63, 3.8) is 0 Å². The van der Waals surface area contributed by atoms with Crippen LogP contribution < -0.4 is 10.9 Å². The maximum atomic E-state index is 12.6. The summed E-state index contributed by atoms with van der Waals surface area (Å²) in [4.78, 5) is 10.8. The molecule has 0 aliphatic carbocycles. The molecule has 0 saturated heterocycles. The highest BCUT2D eigenvalue weighted by Gasteiger charge is 2.30. The van der Waals surface area contributed by atoms with Crippen LogP contribution in [-0.4, -0.2) is 16.1 Å². The zero-order valence-electron chi connectivity index (χ0n) is 9.75. The fourth-order valence-electron chi connectivity index (χ4n) is 1.49. The van der Waals surface area contributed by atoms with Gasteiger partial charge in [0.2, 0.25) is 5.91 Å². The quantitative estimate of drug-likeness (QED) is 0.820. The molecule has 8 heteroatoms. The molecule has 0 aliphatic heterocycles. The Kier molecular flexibility index (Phi) is 3.24. The van der Waals surface area contributed by atoms with E-state index in [4.69, 9.17) is 0 Å². The molecule has 0 bridgehead atoms. The largest absolute Gasteiger partial charge is 0.416 e. The van der Waals surface area contributed by atoms with E-state index in [2.05, 4.69) is 21.0 Å². The van der Waals surface area contributed by atoms with Gasteiger partial charge in [-0.25, -0.2) is 0 Å². The summed E-state index contributed by atoms with van der Waals surface area (Å²) < 4.78 is 37.9. The lowest BCUT2D eigenvalue weighted by Crippen LogP contribution is -2.26. The number of carbonyl (C=O) groups excluding carboxylic acids is 1. The Labute approximate surface area is 105 Å². The SMILES string of the molecule is CC(=O)NNc1cnnc2ccc(C(F)(F)F)cc12. The van der Waals surface area contributed by atoms with E-state index in [0.29, 0.717) is 5.52 Å². The van der Waals surface area contributed by atoms with Crippen molar-refractivity contribution < 1.29 is 18.0 Å². The smallest absolute Gasteiger partial charge is 0.296 e. The van der Waals surface area contributed by atoms with Crippen molar-refractivity contribution >= 4 is 22.5 Å². The topological polar surface area (TPSA) is 66.9 Å². The first kappa shape index (κ1) is 13.1. The summed E-state index contributed by atoms with van der Waals surface area (Å²) in [6.07, 6.45) is -3.21. The first-order chi connectivity index (χ1) is 8.88. The highest BCUT2D eigenvalue weighted by molar-refractivity contribution is 5.91. The maximum absolute atomic E-state index is 12.6. The number of hydrazine groups is 1. The molecule has 0 fully saturated rings. The van der Waals surface area contributed by atoms with Crippen molar-refractivity contribution in [2.45, 2.75) is 13.1 Å². The summed E-state index contributed by atoms with van der Waals surface area (Å²) in [5.74, 6) is -0.378. The predicted molar refractivity (Wildman–Crippen MR) is 62.0 cm³/mol. The van der Waals surface area contributed by atoms with E-state index in [1.807, 2.05) is 0 Å². The van der Waals surface area contributed by atoms with Gasteiger partial charge in [0.25, 0.3) is 0 Å². The van der Waals surface area contributed by atoms with Gasteiger partial charge in [-0.15, -0.1) is 0 Å². The van der Waals surface area contributed by atoms with Crippen LogP contribution in [-0.2, 0) is 11.0 Å². The fraction of sp³-hybridized carbons (Fsp3) is 0.182. The Hall–Kier alpha value is -2.38. The fourth-order valence-corrected chi connectivity index (χ4v) is 1.49. The van der Waals surface area contributed by atoms with Crippen LogP contribution in [0.2, 0.25) is 0 Å². The van der Waals surface area contributed by atoms with Crippen LogP contribution in [0.25, 0.3) is 10.9 Å². The first-order valence-electron chi connectivity index (χ1n) is 5.23. The molecular formula is C11H9F3N4O. The number of aromatic nitrogens is 2. The predicted octanol–water partition coefficient (Wildman–Crippen LogP) is 2.11. The van der Waals surface area contributed by atoms with Crippen molar-refractivity contribution in [2.24, 2.45) is 0 Å². The van der Waals surface area contributed by atoms with E-state index in [1.54, 1.807) is 0 Å². The monoisotopic (exact) mass is 270 g/mol. The van der Waals surface area contributed by atoms with Gasteiger partial charge >= 0.3 is 6.18 Å². The van der Waals surface area contributed by atoms with Gasteiger partial charge in [0.15, 0.2) is 0 Å². The highest BCUT2D eigenvalue weighted by atomic mass is 19.4. The summed E-state index contributed by atoms with van der Waals surface area (Å²) in [6, 6.07) is 3.11. The number of hydrogen-bond donors (Lipinski definition) is 2. The average Bonchev–Trinajstić information content (AvgIpc) is 2.34. The average molecular weight is 270 g/mol. The molecule has 0 unspecified atom stereocenters. The van der Waals surface area contributed by atoms with Gasteiger partial charge in [-0.05, 0) is 18.2 Å². The Morgan fingerprint density at radius 1 is 1.32 bits per heavy atom. The van der Waals surface area contributed by atoms with Crippen LogP contribution in [0.4, 0.5) is 18.9 Å². The molecule has 0 aliphatic rings. The highest BCUT2D eigenvalue weighted by Crippen LogP contribution is 2.32. The number of amides is 1. The molecule has 1 aromatic carbocycles. The van der Waals surface area contributed by atoms with Crippen molar-refractivity contribution in [1.82, 2.24) is 15.6 Å². The van der Waals surface area contributed by atoms with E-state index in [1.165, 1.54) is 19.2 Å².